The van der Waals surface area contributed by atoms with Crippen LogP contribution in [0.25, 0.3) is 0 Å². The van der Waals surface area contributed by atoms with E-state index in [-0.39, 0.29) is 54.4 Å². The number of ether oxygens (including phenoxy) is 1. The minimum absolute atomic E-state index is 0.1000. The molecule has 7 atom stereocenters. The molecule has 6 aliphatic rings. The molecule has 4 aliphatic carbocycles. The monoisotopic (exact) mass is 482 g/mol. The second-order valence-electron chi connectivity index (χ2n) is 10.8. The maximum atomic E-state index is 13.3. The van der Waals surface area contributed by atoms with Crippen molar-refractivity contribution in [3.63, 3.8) is 0 Å². The molecule has 4 fully saturated rings. The highest BCUT2D eigenvalue weighted by Crippen LogP contribution is 2.65. The molecule has 36 heavy (non-hydrogen) atoms. The first-order valence-corrected chi connectivity index (χ1v) is 12.7. The fourth-order valence-electron chi connectivity index (χ4n) is 6.99. The van der Waals surface area contributed by atoms with Crippen molar-refractivity contribution < 1.29 is 23.9 Å². The Morgan fingerprint density at radius 1 is 0.889 bits per heavy atom. The van der Waals surface area contributed by atoms with E-state index in [0.717, 1.165) is 17.7 Å². The molecular formula is C29H26N2O5. The fourth-order valence-corrected chi connectivity index (χ4v) is 6.99. The summed E-state index contributed by atoms with van der Waals surface area (Å²) in [6.45, 7) is 2.23. The van der Waals surface area contributed by atoms with Crippen molar-refractivity contribution in [3.8, 4) is 5.75 Å². The van der Waals surface area contributed by atoms with Crippen molar-refractivity contribution in [2.45, 2.75) is 19.8 Å². The first-order chi connectivity index (χ1) is 17.4. The van der Waals surface area contributed by atoms with E-state index in [1.807, 2.05) is 31.2 Å². The van der Waals surface area contributed by atoms with Crippen LogP contribution in [0.15, 0.2) is 60.7 Å². The summed E-state index contributed by atoms with van der Waals surface area (Å²) in [6, 6.07) is 14.2. The summed E-state index contributed by atoms with van der Waals surface area (Å²) in [4.78, 5) is 54.9. The van der Waals surface area contributed by atoms with Gasteiger partial charge >= 0.3 is 5.97 Å². The fraction of sp³-hybridized carbons (Fsp3) is 0.379. The number of amides is 3. The van der Waals surface area contributed by atoms with E-state index >= 15 is 0 Å². The summed E-state index contributed by atoms with van der Waals surface area (Å²) in [6.07, 6.45) is 5.55. The summed E-state index contributed by atoms with van der Waals surface area (Å²) in [7, 11) is 0. The predicted molar refractivity (Wildman–Crippen MR) is 131 cm³/mol. The number of nitrogens with zero attached hydrogens (tertiary/aromatic N) is 2. The van der Waals surface area contributed by atoms with E-state index in [2.05, 4.69) is 12.2 Å². The highest BCUT2D eigenvalue weighted by Gasteiger charge is 2.67. The molecular weight excluding hydrogens is 456 g/mol. The molecule has 7 heteroatoms. The molecule has 2 aromatic rings. The van der Waals surface area contributed by atoms with Gasteiger partial charge in [0.1, 0.15) is 5.75 Å². The van der Waals surface area contributed by atoms with Crippen LogP contribution in [0.2, 0.25) is 0 Å². The number of imide groups is 1. The largest absolute Gasteiger partial charge is 0.426 e. The van der Waals surface area contributed by atoms with Crippen molar-refractivity contribution in [1.29, 1.82) is 0 Å². The third kappa shape index (κ3) is 3.11. The van der Waals surface area contributed by atoms with Crippen molar-refractivity contribution >= 4 is 35.1 Å². The molecule has 3 amide bonds. The van der Waals surface area contributed by atoms with E-state index in [9.17, 15) is 19.2 Å². The first kappa shape index (κ1) is 21.5. The Morgan fingerprint density at radius 3 is 2.19 bits per heavy atom. The van der Waals surface area contributed by atoms with Crippen molar-refractivity contribution in [3.05, 3.63) is 66.2 Å². The Morgan fingerprint density at radius 2 is 1.56 bits per heavy atom. The average molecular weight is 483 g/mol. The number of esters is 1. The highest BCUT2D eigenvalue weighted by molar-refractivity contribution is 6.22. The number of hydrogen-bond donors (Lipinski definition) is 0. The van der Waals surface area contributed by atoms with Gasteiger partial charge in [-0.25, -0.2) is 0 Å². The zero-order valence-corrected chi connectivity index (χ0v) is 19.9. The maximum absolute atomic E-state index is 13.3. The lowest BCUT2D eigenvalue weighted by atomic mass is 9.63. The Kier molecular flexibility index (Phi) is 4.56. The molecule has 2 aromatic carbocycles. The van der Waals surface area contributed by atoms with Crippen LogP contribution in [-0.2, 0) is 19.2 Å². The summed E-state index contributed by atoms with van der Waals surface area (Å²) in [5.41, 5.74) is 2.33. The van der Waals surface area contributed by atoms with Gasteiger partial charge in [-0.05, 0) is 79.0 Å². The van der Waals surface area contributed by atoms with Gasteiger partial charge in [0.15, 0.2) is 0 Å². The molecule has 2 aliphatic heterocycles. The van der Waals surface area contributed by atoms with E-state index in [1.54, 1.807) is 29.2 Å². The van der Waals surface area contributed by atoms with Gasteiger partial charge in [-0.1, -0.05) is 24.3 Å². The van der Waals surface area contributed by atoms with Crippen LogP contribution in [0.3, 0.4) is 0 Å². The molecule has 2 saturated carbocycles. The van der Waals surface area contributed by atoms with Gasteiger partial charge in [-0.3, -0.25) is 24.1 Å². The van der Waals surface area contributed by atoms with E-state index in [4.69, 9.17) is 4.74 Å². The minimum Gasteiger partial charge on any atom is -0.426 e. The lowest BCUT2D eigenvalue weighted by molar-refractivity contribution is -0.139. The number of rotatable bonds is 4. The van der Waals surface area contributed by atoms with E-state index < -0.39 is 11.9 Å². The molecule has 2 heterocycles. The molecule has 0 radical (unpaired) electrons. The van der Waals surface area contributed by atoms with Crippen molar-refractivity contribution in [1.82, 2.24) is 0 Å². The Labute approximate surface area is 208 Å². The molecule has 2 bridgehead atoms. The van der Waals surface area contributed by atoms with Gasteiger partial charge < -0.3 is 9.64 Å². The summed E-state index contributed by atoms with van der Waals surface area (Å²) in [5, 5.41) is 0. The van der Waals surface area contributed by atoms with E-state index in [1.165, 1.54) is 4.90 Å². The second-order valence-corrected chi connectivity index (χ2v) is 10.8. The smallest absolute Gasteiger partial charge is 0.316 e. The van der Waals surface area contributed by atoms with Gasteiger partial charge in [0.25, 0.3) is 0 Å². The maximum Gasteiger partial charge on any atom is 0.316 e. The van der Waals surface area contributed by atoms with Crippen LogP contribution >= 0.6 is 0 Å². The Hall–Kier alpha value is -3.74. The quantitative estimate of drug-likeness (QED) is 0.288. The SMILES string of the molecule is Cc1cccc(N2C[C@@H](C(=O)Oc3ccc(N4C(=O)[C@H]5[C@@H]6C=C[C@H]([C@@H]7C[C@H]67)[C@@H]5C4=O)cc3)CC2=O)c1. The minimum atomic E-state index is -0.558. The zero-order chi connectivity index (χ0) is 24.7. The van der Waals surface area contributed by atoms with Crippen LogP contribution in [0.5, 0.6) is 5.75 Å². The van der Waals surface area contributed by atoms with Gasteiger partial charge in [-0.2, -0.15) is 0 Å². The number of benzene rings is 2. The van der Waals surface area contributed by atoms with Crippen LogP contribution in [0, 0.1) is 48.3 Å². The number of anilines is 2. The molecule has 7 nitrogen and oxygen atoms in total. The van der Waals surface area contributed by atoms with Gasteiger partial charge in [0.05, 0.1) is 23.4 Å². The zero-order valence-electron chi connectivity index (χ0n) is 19.9. The molecule has 2 saturated heterocycles. The average Bonchev–Trinajstić information content (AvgIpc) is 3.55. The van der Waals surface area contributed by atoms with E-state index in [0.29, 0.717) is 23.3 Å². The molecule has 8 rings (SSSR count). The number of carbonyl (C=O) groups excluding carboxylic acids is 4. The topological polar surface area (TPSA) is 84.0 Å². The number of hydrogen-bond acceptors (Lipinski definition) is 5. The Balaban J connectivity index is 1.04. The number of allylic oxidation sites excluding steroid dienone is 2. The van der Waals surface area contributed by atoms with Crippen LogP contribution in [-0.4, -0.2) is 30.2 Å². The Bertz CT molecular complexity index is 1310. The third-order valence-corrected chi connectivity index (χ3v) is 8.75. The van der Waals surface area contributed by atoms with Crippen LogP contribution in [0.4, 0.5) is 11.4 Å². The first-order valence-electron chi connectivity index (χ1n) is 12.7. The molecule has 0 spiro atoms. The standard InChI is InChI=1S/C29H26N2O5/c1-15-3-2-4-18(11-15)30-14-16(12-24(30)32)29(35)36-19-7-5-17(6-8-19)31-27(33)25-20-9-10-21(23-13-22(20)23)26(25)28(31)34/h2-11,16,20-23,25-26H,12-14H2,1H3/t16-,20+,21+,22-,23+,25-,26-/m0/s1. The van der Waals surface area contributed by atoms with Gasteiger partial charge in [0.2, 0.25) is 17.7 Å². The summed E-state index contributed by atoms with van der Waals surface area (Å²) >= 11 is 0. The number of carbonyl (C=O) groups is 4. The number of aryl methyl sites for hydroxylation is 1. The lowest BCUT2D eigenvalue weighted by Gasteiger charge is -2.37. The second kappa shape index (κ2) is 7.63. The molecule has 0 N–H and O–H groups in total. The van der Waals surface area contributed by atoms with Gasteiger partial charge in [-0.15, -0.1) is 0 Å². The highest BCUT2D eigenvalue weighted by atomic mass is 16.5. The molecule has 0 unspecified atom stereocenters. The molecule has 182 valence electrons. The normalized spacial score (nSPS) is 33.7. The summed E-state index contributed by atoms with van der Waals surface area (Å²) < 4.78 is 5.57. The van der Waals surface area contributed by atoms with Crippen molar-refractivity contribution in [2.75, 3.05) is 16.3 Å². The predicted octanol–water partition coefficient (Wildman–Crippen LogP) is 3.51. The van der Waals surface area contributed by atoms with Crippen LogP contribution < -0.4 is 14.5 Å². The summed E-state index contributed by atoms with van der Waals surface area (Å²) in [5.74, 6) is -0.0376. The van der Waals surface area contributed by atoms with Gasteiger partial charge in [0, 0.05) is 18.7 Å². The van der Waals surface area contributed by atoms with Crippen molar-refractivity contribution in [2.24, 2.45) is 41.4 Å². The van der Waals surface area contributed by atoms with Crippen LogP contribution in [0.1, 0.15) is 18.4 Å². The molecule has 0 aromatic heterocycles. The lowest BCUT2D eigenvalue weighted by Crippen LogP contribution is -2.40. The third-order valence-electron chi connectivity index (χ3n) is 8.75.